The second-order valence-corrected chi connectivity index (χ2v) is 7.48. The van der Waals surface area contributed by atoms with Gasteiger partial charge in [0.15, 0.2) is 0 Å². The zero-order valence-electron chi connectivity index (χ0n) is 14.0. The number of nitrogens with one attached hydrogen (secondary N) is 2. The van der Waals surface area contributed by atoms with E-state index in [1.807, 2.05) is 12.1 Å². The maximum atomic E-state index is 12.0. The molecule has 6 nitrogen and oxygen atoms in total. The molecule has 0 unspecified atom stereocenters. The van der Waals surface area contributed by atoms with Gasteiger partial charge in [-0.3, -0.25) is 4.79 Å². The van der Waals surface area contributed by atoms with Crippen LogP contribution in [0.15, 0.2) is 24.3 Å². The molecular weight excluding hydrogens is 316 g/mol. The summed E-state index contributed by atoms with van der Waals surface area (Å²) in [6.45, 7) is 4.93. The molecule has 0 aliphatic carbocycles. The highest BCUT2D eigenvalue weighted by atomic mass is 32.2. The Bertz CT molecular complexity index is 583. The van der Waals surface area contributed by atoms with Gasteiger partial charge >= 0.3 is 0 Å². The molecule has 0 aliphatic heterocycles. The van der Waals surface area contributed by atoms with Crippen LogP contribution in [0.4, 0.5) is 0 Å². The average molecular weight is 342 g/mol. The SMILES string of the molecule is COCCCNC(=O)CNS(=O)(=O)Cc1ccc(C(C)C)cc1. The normalized spacial score (nSPS) is 11.7. The van der Waals surface area contributed by atoms with E-state index in [1.165, 1.54) is 0 Å². The molecule has 0 atom stereocenters. The third-order valence-electron chi connectivity index (χ3n) is 3.30. The van der Waals surface area contributed by atoms with Gasteiger partial charge in [0.2, 0.25) is 15.9 Å². The lowest BCUT2D eigenvalue weighted by atomic mass is 10.0. The Morgan fingerprint density at radius 2 is 1.87 bits per heavy atom. The van der Waals surface area contributed by atoms with E-state index in [1.54, 1.807) is 19.2 Å². The molecule has 2 N–H and O–H groups in total. The van der Waals surface area contributed by atoms with Crippen LogP contribution in [0.5, 0.6) is 0 Å². The predicted octanol–water partition coefficient (Wildman–Crippen LogP) is 1.38. The van der Waals surface area contributed by atoms with Crippen molar-refractivity contribution in [1.82, 2.24) is 10.0 Å². The number of hydrogen-bond acceptors (Lipinski definition) is 4. The molecular formula is C16H26N2O4S. The molecule has 0 heterocycles. The van der Waals surface area contributed by atoms with Crippen LogP contribution in [0.1, 0.15) is 37.3 Å². The molecule has 7 heteroatoms. The second-order valence-electron chi connectivity index (χ2n) is 5.67. The molecule has 0 aliphatic rings. The molecule has 0 spiro atoms. The summed E-state index contributed by atoms with van der Waals surface area (Å²) < 4.78 is 31.2. The summed E-state index contributed by atoms with van der Waals surface area (Å²) in [5.74, 6) is -0.0806. The minimum Gasteiger partial charge on any atom is -0.385 e. The van der Waals surface area contributed by atoms with Crippen LogP contribution in [0.25, 0.3) is 0 Å². The van der Waals surface area contributed by atoms with Crippen LogP contribution >= 0.6 is 0 Å². The third-order valence-corrected chi connectivity index (χ3v) is 4.60. The summed E-state index contributed by atoms with van der Waals surface area (Å²) in [4.78, 5) is 11.5. The summed E-state index contributed by atoms with van der Waals surface area (Å²) in [6, 6.07) is 7.47. The molecule has 23 heavy (non-hydrogen) atoms. The number of benzene rings is 1. The van der Waals surface area contributed by atoms with Gasteiger partial charge in [-0.2, -0.15) is 0 Å². The lowest BCUT2D eigenvalue weighted by Gasteiger charge is -2.09. The van der Waals surface area contributed by atoms with Gasteiger partial charge in [0.05, 0.1) is 12.3 Å². The molecule has 0 bridgehead atoms. The van der Waals surface area contributed by atoms with Gasteiger partial charge in [0.25, 0.3) is 0 Å². The van der Waals surface area contributed by atoms with Crippen molar-refractivity contribution in [3.8, 4) is 0 Å². The van der Waals surface area contributed by atoms with Gasteiger partial charge in [0.1, 0.15) is 0 Å². The summed E-state index contributed by atoms with van der Waals surface area (Å²) in [7, 11) is -1.95. The Morgan fingerprint density at radius 1 is 1.22 bits per heavy atom. The molecule has 1 aromatic rings. The highest BCUT2D eigenvalue weighted by molar-refractivity contribution is 7.88. The molecule has 0 saturated carbocycles. The van der Waals surface area contributed by atoms with E-state index in [4.69, 9.17) is 4.74 Å². The van der Waals surface area contributed by atoms with E-state index in [0.29, 0.717) is 31.1 Å². The van der Waals surface area contributed by atoms with Gasteiger partial charge in [0, 0.05) is 20.3 Å². The summed E-state index contributed by atoms with van der Waals surface area (Å²) in [5.41, 5.74) is 1.86. The number of carbonyl (C=O) groups excluding carboxylic acids is 1. The van der Waals surface area contributed by atoms with Crippen molar-refractivity contribution in [2.24, 2.45) is 0 Å². The smallest absolute Gasteiger partial charge is 0.235 e. The number of carbonyl (C=O) groups is 1. The topological polar surface area (TPSA) is 84.5 Å². The van der Waals surface area contributed by atoms with Gasteiger partial charge < -0.3 is 10.1 Å². The van der Waals surface area contributed by atoms with E-state index in [2.05, 4.69) is 23.9 Å². The molecule has 0 radical (unpaired) electrons. The van der Waals surface area contributed by atoms with Gasteiger partial charge in [-0.05, 0) is 23.5 Å². The molecule has 1 amide bonds. The van der Waals surface area contributed by atoms with Crippen LogP contribution in [-0.4, -0.2) is 41.1 Å². The van der Waals surface area contributed by atoms with Crippen molar-refractivity contribution in [3.63, 3.8) is 0 Å². The van der Waals surface area contributed by atoms with Crippen LogP contribution in [0.2, 0.25) is 0 Å². The lowest BCUT2D eigenvalue weighted by Crippen LogP contribution is -2.37. The second kappa shape index (κ2) is 9.64. The Kier molecular flexibility index (Phi) is 8.22. The summed E-state index contributed by atoms with van der Waals surface area (Å²) in [6.07, 6.45) is 0.692. The standard InChI is InChI=1S/C16H26N2O4S/c1-13(2)15-7-5-14(6-8-15)12-23(20,21)18-11-16(19)17-9-4-10-22-3/h5-8,13,18H,4,9-12H2,1-3H3,(H,17,19). The zero-order chi connectivity index (χ0) is 17.3. The van der Waals surface area contributed by atoms with Gasteiger partial charge in [-0.25, -0.2) is 13.1 Å². The number of rotatable bonds is 10. The minimum atomic E-state index is -3.53. The zero-order valence-corrected chi connectivity index (χ0v) is 14.8. The van der Waals surface area contributed by atoms with Crippen molar-refractivity contribution < 1.29 is 17.9 Å². The van der Waals surface area contributed by atoms with Crippen molar-refractivity contribution in [2.45, 2.75) is 31.9 Å². The van der Waals surface area contributed by atoms with Crippen molar-refractivity contribution in [3.05, 3.63) is 35.4 Å². The monoisotopic (exact) mass is 342 g/mol. The fourth-order valence-corrected chi connectivity index (χ4v) is 3.04. The number of sulfonamides is 1. The van der Waals surface area contributed by atoms with Gasteiger partial charge in [-0.1, -0.05) is 38.1 Å². The number of ether oxygens (including phenoxy) is 1. The quantitative estimate of drug-likeness (QED) is 0.629. The average Bonchev–Trinajstić information content (AvgIpc) is 2.50. The largest absolute Gasteiger partial charge is 0.385 e. The highest BCUT2D eigenvalue weighted by Crippen LogP contribution is 2.15. The van der Waals surface area contributed by atoms with E-state index in [9.17, 15) is 13.2 Å². The molecule has 1 aromatic carbocycles. The van der Waals surface area contributed by atoms with Crippen LogP contribution in [-0.2, 0) is 25.3 Å². The first-order valence-corrected chi connectivity index (χ1v) is 9.31. The Morgan fingerprint density at radius 3 is 2.43 bits per heavy atom. The number of hydrogen-bond donors (Lipinski definition) is 2. The predicted molar refractivity (Wildman–Crippen MR) is 90.7 cm³/mol. The maximum Gasteiger partial charge on any atom is 0.235 e. The number of amides is 1. The molecule has 1 rings (SSSR count). The van der Waals surface area contributed by atoms with Crippen molar-refractivity contribution in [1.29, 1.82) is 0 Å². The molecule has 130 valence electrons. The summed E-state index contributed by atoms with van der Waals surface area (Å²) >= 11 is 0. The molecule has 0 fully saturated rings. The van der Waals surface area contributed by atoms with E-state index in [0.717, 1.165) is 5.56 Å². The Hall–Kier alpha value is -1.44. The number of methoxy groups -OCH3 is 1. The first-order chi connectivity index (χ1) is 10.8. The first kappa shape index (κ1) is 19.6. The Labute approximate surface area is 138 Å². The van der Waals surface area contributed by atoms with E-state index < -0.39 is 10.0 Å². The van der Waals surface area contributed by atoms with Gasteiger partial charge in [-0.15, -0.1) is 0 Å². The van der Waals surface area contributed by atoms with E-state index >= 15 is 0 Å². The van der Waals surface area contributed by atoms with Crippen molar-refractivity contribution >= 4 is 15.9 Å². The highest BCUT2D eigenvalue weighted by Gasteiger charge is 2.13. The lowest BCUT2D eigenvalue weighted by molar-refractivity contribution is -0.120. The third kappa shape index (κ3) is 8.11. The maximum absolute atomic E-state index is 12.0. The van der Waals surface area contributed by atoms with Crippen LogP contribution in [0, 0.1) is 0 Å². The van der Waals surface area contributed by atoms with Crippen molar-refractivity contribution in [2.75, 3.05) is 26.8 Å². The fraction of sp³-hybridized carbons (Fsp3) is 0.562. The molecule has 0 saturated heterocycles. The first-order valence-electron chi connectivity index (χ1n) is 7.66. The summed E-state index contributed by atoms with van der Waals surface area (Å²) in [5, 5.41) is 2.63. The molecule has 0 aromatic heterocycles. The Balaban J connectivity index is 2.42. The fourth-order valence-electron chi connectivity index (χ4n) is 1.95. The minimum absolute atomic E-state index is 0.137. The van der Waals surface area contributed by atoms with Crippen LogP contribution < -0.4 is 10.0 Å². The van der Waals surface area contributed by atoms with E-state index in [-0.39, 0.29) is 18.2 Å². The van der Waals surface area contributed by atoms with Crippen LogP contribution in [0.3, 0.4) is 0 Å².